The lowest BCUT2D eigenvalue weighted by Gasteiger charge is -2.32. The number of piperidine rings is 1. The maximum absolute atomic E-state index is 12.4. The van der Waals surface area contributed by atoms with E-state index in [1.807, 2.05) is 60.0 Å². The smallest absolute Gasteiger partial charge is 0.475 e. The van der Waals surface area contributed by atoms with Crippen molar-refractivity contribution in [3.05, 3.63) is 70.1 Å². The molecule has 4 rings (SSSR count). The maximum atomic E-state index is 12.4. The van der Waals surface area contributed by atoms with Crippen molar-refractivity contribution in [3.63, 3.8) is 0 Å². The molecule has 2 aromatic carbocycles. The van der Waals surface area contributed by atoms with Crippen LogP contribution in [0.1, 0.15) is 34.8 Å². The summed E-state index contributed by atoms with van der Waals surface area (Å²) in [7, 11) is 0. The Balaban J connectivity index is 0.000000429. The van der Waals surface area contributed by atoms with Gasteiger partial charge in [0.25, 0.3) is 5.91 Å². The van der Waals surface area contributed by atoms with Gasteiger partial charge in [-0.25, -0.2) is 9.59 Å². The zero-order valence-corrected chi connectivity index (χ0v) is 19.1. The van der Waals surface area contributed by atoms with E-state index in [2.05, 4.69) is 15.2 Å². The number of nitrogens with zero attached hydrogens (tertiary/aromatic N) is 2. The van der Waals surface area contributed by atoms with E-state index in [0.29, 0.717) is 6.54 Å². The van der Waals surface area contributed by atoms with Crippen LogP contribution in [-0.2, 0) is 4.79 Å². The lowest BCUT2D eigenvalue weighted by Crippen LogP contribution is -2.41. The minimum Gasteiger partial charge on any atom is -0.475 e. The van der Waals surface area contributed by atoms with E-state index in [1.54, 1.807) is 0 Å². The van der Waals surface area contributed by atoms with E-state index < -0.39 is 12.1 Å². The first-order valence-corrected chi connectivity index (χ1v) is 11.1. The molecule has 0 aliphatic carbocycles. The number of hydrogen-bond donors (Lipinski definition) is 3. The number of carboxylic acids is 1. The Morgan fingerprint density at radius 1 is 1.09 bits per heavy atom. The van der Waals surface area contributed by atoms with Gasteiger partial charge in [0.1, 0.15) is 0 Å². The number of alkyl halides is 3. The molecule has 1 aromatic heterocycles. The Hall–Kier alpha value is -3.60. The van der Waals surface area contributed by atoms with Crippen LogP contribution in [-0.4, -0.2) is 63.8 Å². The molecule has 0 atom stereocenters. The molecule has 11 heteroatoms. The fourth-order valence-corrected chi connectivity index (χ4v) is 4.09. The molecule has 0 saturated carbocycles. The van der Waals surface area contributed by atoms with E-state index in [0.717, 1.165) is 54.6 Å². The van der Waals surface area contributed by atoms with E-state index in [9.17, 15) is 22.8 Å². The third-order valence-corrected chi connectivity index (χ3v) is 5.89. The van der Waals surface area contributed by atoms with E-state index in [4.69, 9.17) is 9.90 Å². The number of carboxylic acid groups (broad SMARTS) is 1. The second-order valence-electron chi connectivity index (χ2n) is 8.26. The van der Waals surface area contributed by atoms with Crippen molar-refractivity contribution < 1.29 is 27.9 Å². The van der Waals surface area contributed by atoms with Gasteiger partial charge in [0.15, 0.2) is 0 Å². The second kappa shape index (κ2) is 11.2. The second-order valence-corrected chi connectivity index (χ2v) is 8.26. The Morgan fingerprint density at radius 2 is 1.69 bits per heavy atom. The predicted octanol–water partition coefficient (Wildman–Crippen LogP) is 3.34. The van der Waals surface area contributed by atoms with Crippen LogP contribution < -0.4 is 11.0 Å². The van der Waals surface area contributed by atoms with Crippen LogP contribution in [0.4, 0.5) is 13.2 Å². The molecule has 1 fully saturated rings. The van der Waals surface area contributed by atoms with Gasteiger partial charge < -0.3 is 20.3 Å². The van der Waals surface area contributed by atoms with Crippen LogP contribution in [0.15, 0.2) is 53.3 Å². The van der Waals surface area contributed by atoms with E-state index >= 15 is 0 Å². The number of benzene rings is 2. The molecular formula is C24H27F3N4O4. The largest absolute Gasteiger partial charge is 0.490 e. The van der Waals surface area contributed by atoms with Crippen LogP contribution in [0.3, 0.4) is 0 Å². The number of halogens is 3. The van der Waals surface area contributed by atoms with Gasteiger partial charge in [-0.05, 0) is 43.5 Å². The highest BCUT2D eigenvalue weighted by atomic mass is 19.4. The normalized spacial score (nSPS) is 14.9. The highest BCUT2D eigenvalue weighted by molar-refractivity contribution is 5.95. The summed E-state index contributed by atoms with van der Waals surface area (Å²) in [4.78, 5) is 38.9. The van der Waals surface area contributed by atoms with Gasteiger partial charge in [0.2, 0.25) is 0 Å². The molecule has 1 aliphatic rings. The van der Waals surface area contributed by atoms with E-state index in [-0.39, 0.29) is 17.6 Å². The average molecular weight is 492 g/mol. The Bertz CT molecular complexity index is 1230. The first-order chi connectivity index (χ1) is 16.6. The highest BCUT2D eigenvalue weighted by Gasteiger charge is 2.38. The third kappa shape index (κ3) is 6.72. The number of amides is 1. The fraction of sp³-hybridized carbons (Fsp3) is 0.375. The lowest BCUT2D eigenvalue weighted by atomic mass is 10.0. The molecular weight excluding hydrogens is 465 g/mol. The standard InChI is InChI=1S/C22H26N4O2.C2HF3O2/c1-16-6-2-3-7-18(16)21(27)23-12-15-25-13-10-17(11-14-25)26-20-9-5-4-8-19(20)24-22(26)28;3-2(4,5)1(6)7/h2-9,17H,10-15H2,1H3,(H,23,27)(H,24,28);(H,6,7). The number of carbonyl (C=O) groups excluding carboxylic acids is 1. The van der Waals surface area contributed by atoms with E-state index in [1.165, 1.54) is 0 Å². The van der Waals surface area contributed by atoms with Gasteiger partial charge in [0, 0.05) is 37.8 Å². The number of aromatic nitrogens is 2. The Kier molecular flexibility index (Phi) is 8.34. The van der Waals surface area contributed by atoms with Gasteiger partial charge >= 0.3 is 17.8 Å². The van der Waals surface area contributed by atoms with Gasteiger partial charge in [-0.1, -0.05) is 30.3 Å². The van der Waals surface area contributed by atoms with Crippen LogP contribution in [0.5, 0.6) is 0 Å². The van der Waals surface area contributed by atoms with Gasteiger partial charge in [-0.3, -0.25) is 9.36 Å². The molecule has 1 saturated heterocycles. The fourth-order valence-electron chi connectivity index (χ4n) is 4.09. The highest BCUT2D eigenvalue weighted by Crippen LogP contribution is 2.24. The molecule has 2 heterocycles. The van der Waals surface area contributed by atoms with Crippen LogP contribution in [0.2, 0.25) is 0 Å². The first kappa shape index (κ1) is 26.0. The molecule has 1 amide bonds. The van der Waals surface area contributed by atoms with Gasteiger partial charge in [-0.15, -0.1) is 0 Å². The van der Waals surface area contributed by atoms with Crippen LogP contribution >= 0.6 is 0 Å². The van der Waals surface area contributed by atoms with Crippen LogP contribution in [0.25, 0.3) is 11.0 Å². The summed E-state index contributed by atoms with van der Waals surface area (Å²) >= 11 is 0. The van der Waals surface area contributed by atoms with Gasteiger partial charge in [0.05, 0.1) is 11.0 Å². The lowest BCUT2D eigenvalue weighted by molar-refractivity contribution is -0.192. The minimum atomic E-state index is -5.08. The number of nitrogens with one attached hydrogen (secondary N) is 2. The number of aromatic amines is 1. The minimum absolute atomic E-state index is 0.0154. The summed E-state index contributed by atoms with van der Waals surface area (Å²) in [5, 5.41) is 10.1. The summed E-state index contributed by atoms with van der Waals surface area (Å²) < 4.78 is 33.6. The van der Waals surface area contributed by atoms with Crippen molar-refractivity contribution in [2.24, 2.45) is 0 Å². The number of likely N-dealkylation sites (tertiary alicyclic amines) is 1. The van der Waals surface area contributed by atoms with Crippen molar-refractivity contribution in [2.75, 3.05) is 26.2 Å². The average Bonchev–Trinajstić information content (AvgIpc) is 3.15. The molecule has 0 bridgehead atoms. The summed E-state index contributed by atoms with van der Waals surface area (Å²) in [6, 6.07) is 15.7. The summed E-state index contributed by atoms with van der Waals surface area (Å²) in [5.74, 6) is -2.77. The molecule has 1 aliphatic heterocycles. The number of aliphatic carboxylic acids is 1. The summed E-state index contributed by atoms with van der Waals surface area (Å²) in [6.45, 7) is 5.26. The Labute approximate surface area is 199 Å². The van der Waals surface area contributed by atoms with Crippen molar-refractivity contribution in [1.82, 2.24) is 19.8 Å². The predicted molar refractivity (Wildman–Crippen MR) is 124 cm³/mol. The Morgan fingerprint density at radius 3 is 2.31 bits per heavy atom. The molecule has 188 valence electrons. The molecule has 35 heavy (non-hydrogen) atoms. The molecule has 3 N–H and O–H groups in total. The monoisotopic (exact) mass is 492 g/mol. The molecule has 0 spiro atoms. The third-order valence-electron chi connectivity index (χ3n) is 5.89. The van der Waals surface area contributed by atoms with Crippen molar-refractivity contribution in [1.29, 1.82) is 0 Å². The number of H-pyrrole nitrogens is 1. The summed E-state index contributed by atoms with van der Waals surface area (Å²) in [5.41, 5.74) is 3.58. The number of carbonyl (C=O) groups is 2. The zero-order chi connectivity index (χ0) is 25.6. The molecule has 0 unspecified atom stereocenters. The number of imidazole rings is 1. The summed E-state index contributed by atoms with van der Waals surface area (Å²) in [6.07, 6.45) is -3.21. The quantitative estimate of drug-likeness (QED) is 0.507. The zero-order valence-electron chi connectivity index (χ0n) is 19.1. The SMILES string of the molecule is Cc1ccccc1C(=O)NCCN1CCC(n2c(=O)[nH]c3ccccc32)CC1.O=C(O)C(F)(F)F. The molecule has 3 aromatic rings. The van der Waals surface area contributed by atoms with Crippen molar-refractivity contribution in [2.45, 2.75) is 32.0 Å². The number of hydrogen-bond acceptors (Lipinski definition) is 4. The number of rotatable bonds is 5. The molecule has 8 nitrogen and oxygen atoms in total. The molecule has 0 radical (unpaired) electrons. The number of fused-ring (bicyclic) bond motifs is 1. The first-order valence-electron chi connectivity index (χ1n) is 11.1. The van der Waals surface area contributed by atoms with Crippen molar-refractivity contribution >= 4 is 22.9 Å². The topological polar surface area (TPSA) is 107 Å². The van der Waals surface area contributed by atoms with Crippen LogP contribution in [0, 0.1) is 6.92 Å². The number of para-hydroxylation sites is 2. The number of aryl methyl sites for hydroxylation is 1. The maximum Gasteiger partial charge on any atom is 0.490 e. The van der Waals surface area contributed by atoms with Gasteiger partial charge in [-0.2, -0.15) is 13.2 Å². The van der Waals surface area contributed by atoms with Crippen molar-refractivity contribution in [3.8, 4) is 0 Å².